The zero-order valence-electron chi connectivity index (χ0n) is 11.2. The minimum atomic E-state index is 0.0891. The Balaban J connectivity index is 2.10. The molecule has 0 bridgehead atoms. The molecule has 0 aliphatic heterocycles. The number of hydrogen-bond donors (Lipinski definition) is 0. The van der Waals surface area contributed by atoms with Crippen LogP contribution < -0.4 is 4.74 Å². The number of aryl methyl sites for hydroxylation is 2. The average molecular weight is 255 g/mol. The first-order valence-corrected chi connectivity index (χ1v) is 6.29. The summed E-state index contributed by atoms with van der Waals surface area (Å²) < 4.78 is 5.31. The molecule has 1 aromatic heterocycles. The molecule has 3 heteroatoms. The van der Waals surface area contributed by atoms with E-state index in [0.29, 0.717) is 24.2 Å². The molecule has 0 aliphatic rings. The zero-order chi connectivity index (χ0) is 13.7. The van der Waals surface area contributed by atoms with Gasteiger partial charge in [0.05, 0.1) is 12.7 Å². The van der Waals surface area contributed by atoms with Gasteiger partial charge in [0.1, 0.15) is 5.75 Å². The molecule has 0 spiro atoms. The van der Waals surface area contributed by atoms with E-state index in [4.69, 9.17) is 4.74 Å². The second-order valence-electron chi connectivity index (χ2n) is 4.40. The molecule has 0 aliphatic carbocycles. The van der Waals surface area contributed by atoms with E-state index < -0.39 is 0 Å². The van der Waals surface area contributed by atoms with Crippen LogP contribution in [0.4, 0.5) is 0 Å². The van der Waals surface area contributed by atoms with E-state index in [-0.39, 0.29) is 5.78 Å². The number of ether oxygens (including phenoxy) is 1. The first-order valence-electron chi connectivity index (χ1n) is 6.29. The van der Waals surface area contributed by atoms with Crippen LogP contribution in [0.3, 0.4) is 0 Å². The first kappa shape index (κ1) is 13.3. The highest BCUT2D eigenvalue weighted by Crippen LogP contribution is 2.24. The minimum absolute atomic E-state index is 0.0891. The predicted octanol–water partition coefficient (Wildman–Crippen LogP) is 3.21. The Morgan fingerprint density at radius 1 is 1.21 bits per heavy atom. The predicted molar refractivity (Wildman–Crippen MR) is 74.6 cm³/mol. The van der Waals surface area contributed by atoms with Gasteiger partial charge in [-0.05, 0) is 37.1 Å². The summed E-state index contributed by atoms with van der Waals surface area (Å²) in [5, 5.41) is 0. The van der Waals surface area contributed by atoms with Crippen molar-refractivity contribution in [3.05, 3.63) is 59.4 Å². The number of aromatic nitrogens is 1. The molecule has 0 unspecified atom stereocenters. The highest BCUT2D eigenvalue weighted by Gasteiger charge is 2.13. The molecule has 0 amide bonds. The van der Waals surface area contributed by atoms with E-state index in [0.717, 1.165) is 11.3 Å². The molecule has 1 heterocycles. The maximum absolute atomic E-state index is 12.2. The van der Waals surface area contributed by atoms with Crippen LogP contribution in [0.1, 0.15) is 28.0 Å². The number of Topliss-reactive ketones (excluding diaryl/α,β-unsaturated/α-hetero) is 1. The summed E-state index contributed by atoms with van der Waals surface area (Å²) in [6, 6.07) is 11.4. The number of rotatable bonds is 5. The zero-order valence-corrected chi connectivity index (χ0v) is 11.2. The molecular formula is C16H17NO2. The van der Waals surface area contributed by atoms with E-state index in [2.05, 4.69) is 4.98 Å². The highest BCUT2D eigenvalue weighted by atomic mass is 16.5. The lowest BCUT2D eigenvalue weighted by molar-refractivity contribution is 0.0979. The fourth-order valence-corrected chi connectivity index (χ4v) is 2.07. The maximum Gasteiger partial charge on any atom is 0.166 e. The van der Waals surface area contributed by atoms with Gasteiger partial charge in [-0.15, -0.1) is 0 Å². The van der Waals surface area contributed by atoms with Crippen LogP contribution in [0.15, 0.2) is 42.6 Å². The molecule has 2 aromatic rings. The number of carbonyl (C=O) groups excluding carboxylic acids is 1. The van der Waals surface area contributed by atoms with Crippen LogP contribution in [-0.2, 0) is 6.42 Å². The van der Waals surface area contributed by atoms with Gasteiger partial charge < -0.3 is 4.74 Å². The lowest BCUT2D eigenvalue weighted by Crippen LogP contribution is -2.05. The van der Waals surface area contributed by atoms with Gasteiger partial charge in [0.15, 0.2) is 5.78 Å². The summed E-state index contributed by atoms with van der Waals surface area (Å²) in [4.78, 5) is 16.5. The van der Waals surface area contributed by atoms with Gasteiger partial charge in [-0.25, -0.2) is 0 Å². The van der Waals surface area contributed by atoms with Crippen molar-refractivity contribution < 1.29 is 9.53 Å². The summed E-state index contributed by atoms with van der Waals surface area (Å²) in [5.74, 6) is 0.764. The Kier molecular flexibility index (Phi) is 4.29. The third kappa shape index (κ3) is 3.19. The molecule has 3 nitrogen and oxygen atoms in total. The Morgan fingerprint density at radius 3 is 2.74 bits per heavy atom. The summed E-state index contributed by atoms with van der Waals surface area (Å²) in [5.41, 5.74) is 2.56. The van der Waals surface area contributed by atoms with Crippen molar-refractivity contribution in [3.63, 3.8) is 0 Å². The number of methoxy groups -OCH3 is 1. The monoisotopic (exact) mass is 255 g/mol. The lowest BCUT2D eigenvalue weighted by atomic mass is 10.0. The standard InChI is InChI=1S/C16H17NO2/c1-12-6-5-8-14(16(12)19-2)15(18)10-9-13-7-3-4-11-17-13/h3-8,11H,9-10H2,1-2H3. The lowest BCUT2D eigenvalue weighted by Gasteiger charge is -2.10. The van der Waals surface area contributed by atoms with Crippen LogP contribution in [-0.4, -0.2) is 17.9 Å². The molecule has 2 rings (SSSR count). The molecule has 1 aromatic carbocycles. The fourth-order valence-electron chi connectivity index (χ4n) is 2.07. The number of benzene rings is 1. The van der Waals surface area contributed by atoms with Gasteiger partial charge in [-0.1, -0.05) is 18.2 Å². The van der Waals surface area contributed by atoms with Crippen molar-refractivity contribution in [1.29, 1.82) is 0 Å². The SMILES string of the molecule is COc1c(C)cccc1C(=O)CCc1ccccn1. The largest absolute Gasteiger partial charge is 0.496 e. The number of ketones is 1. The Morgan fingerprint density at radius 2 is 2.05 bits per heavy atom. The Labute approximate surface area is 113 Å². The summed E-state index contributed by atoms with van der Waals surface area (Å²) >= 11 is 0. The second-order valence-corrected chi connectivity index (χ2v) is 4.40. The smallest absolute Gasteiger partial charge is 0.166 e. The first-order chi connectivity index (χ1) is 9.22. The van der Waals surface area contributed by atoms with Crippen molar-refractivity contribution in [2.75, 3.05) is 7.11 Å². The van der Waals surface area contributed by atoms with Crippen LogP contribution >= 0.6 is 0 Å². The fraction of sp³-hybridized carbons (Fsp3) is 0.250. The van der Waals surface area contributed by atoms with E-state index in [1.54, 1.807) is 13.3 Å². The van der Waals surface area contributed by atoms with E-state index in [9.17, 15) is 4.79 Å². The molecule has 0 saturated carbocycles. The summed E-state index contributed by atoms with van der Waals surface area (Å²) in [7, 11) is 1.60. The van der Waals surface area contributed by atoms with Crippen molar-refractivity contribution >= 4 is 5.78 Å². The average Bonchev–Trinajstić information content (AvgIpc) is 2.45. The van der Waals surface area contributed by atoms with Crippen molar-refractivity contribution in [1.82, 2.24) is 4.98 Å². The molecule has 19 heavy (non-hydrogen) atoms. The van der Waals surface area contributed by atoms with Gasteiger partial charge in [0, 0.05) is 18.3 Å². The molecule has 0 radical (unpaired) electrons. The number of hydrogen-bond acceptors (Lipinski definition) is 3. The molecule has 98 valence electrons. The Bertz CT molecular complexity index is 564. The van der Waals surface area contributed by atoms with Crippen molar-refractivity contribution in [2.45, 2.75) is 19.8 Å². The summed E-state index contributed by atoms with van der Waals surface area (Å²) in [6.45, 7) is 1.94. The van der Waals surface area contributed by atoms with Gasteiger partial charge in [-0.3, -0.25) is 9.78 Å². The van der Waals surface area contributed by atoms with E-state index in [1.165, 1.54) is 0 Å². The van der Waals surface area contributed by atoms with Crippen LogP contribution in [0.25, 0.3) is 0 Å². The molecular weight excluding hydrogens is 238 g/mol. The van der Waals surface area contributed by atoms with Gasteiger partial charge in [0.25, 0.3) is 0 Å². The maximum atomic E-state index is 12.2. The quantitative estimate of drug-likeness (QED) is 0.770. The van der Waals surface area contributed by atoms with Crippen LogP contribution in [0.2, 0.25) is 0 Å². The van der Waals surface area contributed by atoms with Crippen LogP contribution in [0, 0.1) is 6.92 Å². The molecule has 0 saturated heterocycles. The van der Waals surface area contributed by atoms with E-state index in [1.807, 2.05) is 43.3 Å². The number of pyridine rings is 1. The topological polar surface area (TPSA) is 39.2 Å². The third-order valence-electron chi connectivity index (χ3n) is 3.05. The third-order valence-corrected chi connectivity index (χ3v) is 3.05. The number of para-hydroxylation sites is 1. The molecule has 0 N–H and O–H groups in total. The molecule has 0 atom stereocenters. The minimum Gasteiger partial charge on any atom is -0.496 e. The summed E-state index contributed by atoms with van der Waals surface area (Å²) in [6.07, 6.45) is 2.83. The second kappa shape index (κ2) is 6.14. The van der Waals surface area contributed by atoms with Gasteiger partial charge in [0.2, 0.25) is 0 Å². The van der Waals surface area contributed by atoms with Crippen molar-refractivity contribution in [3.8, 4) is 5.75 Å². The number of carbonyl (C=O) groups is 1. The highest BCUT2D eigenvalue weighted by molar-refractivity contribution is 5.99. The molecule has 0 fully saturated rings. The van der Waals surface area contributed by atoms with E-state index >= 15 is 0 Å². The van der Waals surface area contributed by atoms with Crippen LogP contribution in [0.5, 0.6) is 5.75 Å². The van der Waals surface area contributed by atoms with Gasteiger partial charge >= 0.3 is 0 Å². The van der Waals surface area contributed by atoms with Crippen molar-refractivity contribution in [2.24, 2.45) is 0 Å². The number of nitrogens with zero attached hydrogens (tertiary/aromatic N) is 1. The Hall–Kier alpha value is -2.16. The normalized spacial score (nSPS) is 10.2. The van der Waals surface area contributed by atoms with Gasteiger partial charge in [-0.2, -0.15) is 0 Å².